The Morgan fingerprint density at radius 2 is 1.67 bits per heavy atom. The predicted molar refractivity (Wildman–Crippen MR) is 156 cm³/mol. The summed E-state index contributed by atoms with van der Waals surface area (Å²) in [4.78, 5) is 11.3. The van der Waals surface area contributed by atoms with Gasteiger partial charge < -0.3 is 4.90 Å². The summed E-state index contributed by atoms with van der Waals surface area (Å²) in [6.07, 6.45) is 1.06. The van der Waals surface area contributed by atoms with Crippen LogP contribution in [0.15, 0.2) is 58.8 Å². The van der Waals surface area contributed by atoms with E-state index in [9.17, 15) is 10.5 Å². The number of hydrogen-bond acceptors (Lipinski definition) is 8. The van der Waals surface area contributed by atoms with Crippen LogP contribution in [0.5, 0.6) is 0 Å². The molecule has 0 saturated heterocycles. The molecule has 1 unspecified atom stereocenters. The number of aromatic nitrogens is 3. The molecular weight excluding hydrogens is 528 g/mol. The fourth-order valence-corrected chi connectivity index (χ4v) is 5.28. The highest BCUT2D eigenvalue weighted by molar-refractivity contribution is 7.19. The number of thiazole rings is 1. The third kappa shape index (κ3) is 6.17. The molecule has 8 nitrogen and oxygen atoms in total. The first-order chi connectivity index (χ1) is 18.9. The SMILES string of the molecule is CCC(C)c1ccc(Cn2c(N=Nc3sc(N(CC)CC)nc3-c3ccc(Cl)cc3)nc(C#N)c2C#N)cc1. The van der Waals surface area contributed by atoms with Gasteiger partial charge in [0.25, 0.3) is 5.95 Å². The number of hydrogen-bond donors (Lipinski definition) is 0. The summed E-state index contributed by atoms with van der Waals surface area (Å²) in [7, 11) is 0. The van der Waals surface area contributed by atoms with Crippen molar-refractivity contribution < 1.29 is 0 Å². The molecule has 0 amide bonds. The molecule has 4 rings (SSSR count). The van der Waals surface area contributed by atoms with Gasteiger partial charge in [-0.1, -0.05) is 73.2 Å². The fourth-order valence-electron chi connectivity index (χ4n) is 4.11. The van der Waals surface area contributed by atoms with Crippen LogP contribution in [0.4, 0.5) is 16.1 Å². The predicted octanol–water partition coefficient (Wildman–Crippen LogP) is 8.23. The molecule has 0 N–H and O–H groups in total. The molecule has 2 aromatic heterocycles. The van der Waals surface area contributed by atoms with Gasteiger partial charge in [-0.25, -0.2) is 4.98 Å². The monoisotopic (exact) mass is 556 g/mol. The van der Waals surface area contributed by atoms with Crippen LogP contribution in [0.2, 0.25) is 5.02 Å². The Bertz CT molecular complexity index is 1530. The highest BCUT2D eigenvalue weighted by Gasteiger charge is 2.20. The number of azo groups is 1. The van der Waals surface area contributed by atoms with E-state index in [1.807, 2.05) is 42.5 Å². The molecule has 2 aromatic carbocycles. The van der Waals surface area contributed by atoms with E-state index in [0.717, 1.165) is 35.8 Å². The van der Waals surface area contributed by atoms with Gasteiger partial charge in [-0.2, -0.15) is 15.5 Å². The highest BCUT2D eigenvalue weighted by atomic mass is 35.5. The van der Waals surface area contributed by atoms with Gasteiger partial charge in [0, 0.05) is 23.7 Å². The number of nitrogens with zero attached hydrogens (tertiary/aromatic N) is 8. The summed E-state index contributed by atoms with van der Waals surface area (Å²) in [6.45, 7) is 10.5. The minimum atomic E-state index is 0.0220. The third-order valence-corrected chi connectivity index (χ3v) is 7.89. The van der Waals surface area contributed by atoms with Crippen molar-refractivity contribution in [3.8, 4) is 23.4 Å². The molecule has 0 bridgehead atoms. The molecule has 2 heterocycles. The molecule has 0 aliphatic carbocycles. The Balaban J connectivity index is 1.75. The van der Waals surface area contributed by atoms with Crippen molar-refractivity contribution in [2.45, 2.75) is 46.6 Å². The van der Waals surface area contributed by atoms with Gasteiger partial charge in [-0.3, -0.25) is 4.57 Å². The molecule has 0 aliphatic heterocycles. The summed E-state index contributed by atoms with van der Waals surface area (Å²) in [6, 6.07) is 19.8. The van der Waals surface area contributed by atoms with Crippen molar-refractivity contribution >= 4 is 39.0 Å². The van der Waals surface area contributed by atoms with Crippen LogP contribution in [0.1, 0.15) is 62.5 Å². The summed E-state index contributed by atoms with van der Waals surface area (Å²) in [5.41, 5.74) is 3.96. The van der Waals surface area contributed by atoms with E-state index in [2.05, 4.69) is 66.0 Å². The average Bonchev–Trinajstić information content (AvgIpc) is 3.53. The maximum absolute atomic E-state index is 9.83. The minimum Gasteiger partial charge on any atom is -0.349 e. The number of imidazole rings is 1. The van der Waals surface area contributed by atoms with Crippen molar-refractivity contribution in [1.29, 1.82) is 10.5 Å². The zero-order valence-corrected chi connectivity index (χ0v) is 24.0. The molecule has 0 fully saturated rings. The Morgan fingerprint density at radius 3 is 2.26 bits per heavy atom. The smallest absolute Gasteiger partial charge is 0.252 e. The Hall–Kier alpha value is -4.05. The second kappa shape index (κ2) is 12.7. The minimum absolute atomic E-state index is 0.0220. The summed E-state index contributed by atoms with van der Waals surface area (Å²) in [5.74, 6) is 0.654. The van der Waals surface area contributed by atoms with E-state index in [1.54, 1.807) is 4.57 Å². The summed E-state index contributed by atoms with van der Waals surface area (Å²) >= 11 is 7.54. The van der Waals surface area contributed by atoms with Crippen LogP contribution in [0.25, 0.3) is 11.3 Å². The van der Waals surface area contributed by atoms with Crippen molar-refractivity contribution in [2.75, 3.05) is 18.0 Å². The first kappa shape index (κ1) is 28.0. The number of anilines is 1. The first-order valence-electron chi connectivity index (χ1n) is 12.8. The van der Waals surface area contributed by atoms with Gasteiger partial charge in [0.2, 0.25) is 0 Å². The Morgan fingerprint density at radius 1 is 0.974 bits per heavy atom. The van der Waals surface area contributed by atoms with Crippen molar-refractivity contribution in [1.82, 2.24) is 14.5 Å². The molecular formula is C29H29ClN8S. The molecule has 0 radical (unpaired) electrons. The quantitative estimate of drug-likeness (QED) is 0.183. The van der Waals surface area contributed by atoms with Crippen molar-refractivity contribution in [3.63, 3.8) is 0 Å². The van der Waals surface area contributed by atoms with E-state index in [4.69, 9.17) is 16.6 Å². The number of rotatable bonds is 10. The van der Waals surface area contributed by atoms with Gasteiger partial charge in [0.1, 0.15) is 17.8 Å². The van der Waals surface area contributed by atoms with Gasteiger partial charge in [-0.15, -0.1) is 10.2 Å². The van der Waals surface area contributed by atoms with E-state index >= 15 is 0 Å². The Kier molecular flexibility index (Phi) is 9.08. The van der Waals surface area contributed by atoms with Crippen LogP contribution in [0.3, 0.4) is 0 Å². The molecule has 39 heavy (non-hydrogen) atoms. The fraction of sp³-hybridized carbons (Fsp3) is 0.310. The standard InChI is InChI=1S/C29H29ClN8S/c1-5-19(4)21-10-8-20(9-11-21)18-38-25(17-32)24(16-31)33-28(38)36-35-27-26(22-12-14-23(30)15-13-22)34-29(39-27)37(6-2)7-3/h8-15,19H,5-7,18H2,1-4H3. The highest BCUT2D eigenvalue weighted by Crippen LogP contribution is 2.40. The molecule has 0 saturated carbocycles. The van der Waals surface area contributed by atoms with Crippen LogP contribution < -0.4 is 4.90 Å². The zero-order valence-electron chi connectivity index (χ0n) is 22.4. The topological polar surface area (TPSA) is 106 Å². The first-order valence-corrected chi connectivity index (χ1v) is 14.0. The maximum atomic E-state index is 9.83. The lowest BCUT2D eigenvalue weighted by molar-refractivity contribution is 0.730. The number of nitriles is 2. The lowest BCUT2D eigenvalue weighted by atomic mass is 9.98. The van der Waals surface area contributed by atoms with E-state index < -0.39 is 0 Å². The zero-order chi connectivity index (χ0) is 27.9. The number of benzene rings is 2. The van der Waals surface area contributed by atoms with E-state index in [-0.39, 0.29) is 17.3 Å². The molecule has 198 valence electrons. The Labute approximate surface area is 237 Å². The molecule has 0 aliphatic rings. The van der Waals surface area contributed by atoms with Crippen LogP contribution in [-0.2, 0) is 6.54 Å². The lowest BCUT2D eigenvalue weighted by Gasteiger charge is -2.16. The second-order valence-electron chi connectivity index (χ2n) is 9.00. The van der Waals surface area contributed by atoms with E-state index in [1.165, 1.54) is 16.9 Å². The lowest BCUT2D eigenvalue weighted by Crippen LogP contribution is -2.21. The van der Waals surface area contributed by atoms with Gasteiger partial charge in [0.05, 0.1) is 6.54 Å². The third-order valence-electron chi connectivity index (χ3n) is 6.64. The van der Waals surface area contributed by atoms with Gasteiger partial charge >= 0.3 is 0 Å². The maximum Gasteiger partial charge on any atom is 0.252 e. The van der Waals surface area contributed by atoms with Crippen LogP contribution in [0, 0.1) is 22.7 Å². The van der Waals surface area contributed by atoms with Crippen LogP contribution in [-0.4, -0.2) is 27.6 Å². The van der Waals surface area contributed by atoms with E-state index in [0.29, 0.717) is 28.2 Å². The van der Waals surface area contributed by atoms with Crippen LogP contribution >= 0.6 is 22.9 Å². The summed E-state index contributed by atoms with van der Waals surface area (Å²) in [5, 5.41) is 30.5. The van der Waals surface area contributed by atoms with Crippen molar-refractivity contribution in [3.05, 3.63) is 76.1 Å². The second-order valence-corrected chi connectivity index (χ2v) is 10.4. The largest absolute Gasteiger partial charge is 0.349 e. The molecule has 10 heteroatoms. The molecule has 4 aromatic rings. The average molecular weight is 557 g/mol. The molecule has 1 atom stereocenters. The molecule has 0 spiro atoms. The van der Waals surface area contributed by atoms with Gasteiger partial charge in [0.15, 0.2) is 21.5 Å². The van der Waals surface area contributed by atoms with Crippen molar-refractivity contribution in [2.24, 2.45) is 10.2 Å². The summed E-state index contributed by atoms with van der Waals surface area (Å²) < 4.78 is 1.63. The normalized spacial score (nSPS) is 11.9. The number of halogens is 1. The van der Waals surface area contributed by atoms with Gasteiger partial charge in [-0.05, 0) is 49.4 Å².